The molecule has 1 rings (SSSR count). The van der Waals surface area contributed by atoms with Gasteiger partial charge in [-0.05, 0) is 65.1 Å². The molecule has 1 atom stereocenters. The van der Waals surface area contributed by atoms with E-state index < -0.39 is 0 Å². The second kappa shape index (κ2) is 8.10. The molecule has 0 aromatic rings. The van der Waals surface area contributed by atoms with Gasteiger partial charge in [0.25, 0.3) is 0 Å². The molecule has 1 aliphatic carbocycles. The van der Waals surface area contributed by atoms with Crippen molar-refractivity contribution in [2.45, 2.75) is 71.4 Å². The van der Waals surface area contributed by atoms with Gasteiger partial charge in [-0.1, -0.05) is 20.3 Å². The highest BCUT2D eigenvalue weighted by Gasteiger charge is 2.25. The van der Waals surface area contributed by atoms with Crippen molar-refractivity contribution in [3.8, 4) is 0 Å². The van der Waals surface area contributed by atoms with Crippen LogP contribution in [0.2, 0.25) is 0 Å². The molecule has 0 aromatic heterocycles. The molecule has 0 spiro atoms. The number of hydrogen-bond acceptors (Lipinski definition) is 2. The molecule has 17 heavy (non-hydrogen) atoms. The Labute approximate surface area is 108 Å². The van der Waals surface area contributed by atoms with Crippen LogP contribution >= 0.6 is 0 Å². The van der Waals surface area contributed by atoms with Crippen molar-refractivity contribution < 1.29 is 0 Å². The lowest BCUT2D eigenvalue weighted by Crippen LogP contribution is -2.42. The second-order valence-electron chi connectivity index (χ2n) is 5.74. The zero-order valence-corrected chi connectivity index (χ0v) is 12.3. The van der Waals surface area contributed by atoms with E-state index in [4.69, 9.17) is 0 Å². The Morgan fingerprint density at radius 3 is 2.35 bits per heavy atom. The molecule has 0 aliphatic heterocycles. The van der Waals surface area contributed by atoms with E-state index in [1.807, 2.05) is 0 Å². The molecule has 1 unspecified atom stereocenters. The monoisotopic (exact) mass is 240 g/mol. The quantitative estimate of drug-likeness (QED) is 0.687. The van der Waals surface area contributed by atoms with E-state index in [-0.39, 0.29) is 0 Å². The summed E-state index contributed by atoms with van der Waals surface area (Å²) in [6.45, 7) is 9.15. The highest BCUT2D eigenvalue weighted by Crippen LogP contribution is 2.29. The molecule has 0 bridgehead atoms. The van der Waals surface area contributed by atoms with Gasteiger partial charge in [0.2, 0.25) is 0 Å². The van der Waals surface area contributed by atoms with Crippen molar-refractivity contribution in [1.29, 1.82) is 0 Å². The van der Waals surface area contributed by atoms with Gasteiger partial charge in [0.15, 0.2) is 0 Å². The van der Waals surface area contributed by atoms with Crippen molar-refractivity contribution in [2.24, 2.45) is 5.92 Å². The van der Waals surface area contributed by atoms with Gasteiger partial charge in [0.05, 0.1) is 0 Å². The predicted octanol–water partition coefficient (Wildman–Crippen LogP) is 3.28. The molecular formula is C15H32N2. The SMILES string of the molecule is CCNCCC(C)N(C)C1CCC(CC)CC1. The molecule has 1 saturated carbocycles. The molecule has 1 N–H and O–H groups in total. The first-order chi connectivity index (χ1) is 8.19. The van der Waals surface area contributed by atoms with Crippen molar-refractivity contribution in [1.82, 2.24) is 10.2 Å². The van der Waals surface area contributed by atoms with Gasteiger partial charge in [0, 0.05) is 12.1 Å². The molecule has 2 nitrogen and oxygen atoms in total. The smallest absolute Gasteiger partial charge is 0.00952 e. The third-order valence-electron chi connectivity index (χ3n) is 4.65. The minimum absolute atomic E-state index is 0.720. The van der Waals surface area contributed by atoms with E-state index >= 15 is 0 Å². The summed E-state index contributed by atoms with van der Waals surface area (Å²) in [4.78, 5) is 2.63. The lowest BCUT2D eigenvalue weighted by atomic mass is 9.83. The molecule has 1 fully saturated rings. The van der Waals surface area contributed by atoms with Crippen LogP contribution in [-0.2, 0) is 0 Å². The third-order valence-corrected chi connectivity index (χ3v) is 4.65. The Bertz CT molecular complexity index is 185. The lowest BCUT2D eigenvalue weighted by Gasteiger charge is -2.38. The minimum Gasteiger partial charge on any atom is -0.317 e. The first-order valence-electron chi connectivity index (χ1n) is 7.61. The summed E-state index contributed by atoms with van der Waals surface area (Å²) >= 11 is 0. The fourth-order valence-corrected chi connectivity index (χ4v) is 3.01. The minimum atomic E-state index is 0.720. The van der Waals surface area contributed by atoms with Crippen LogP contribution in [0.25, 0.3) is 0 Å². The maximum atomic E-state index is 3.43. The summed E-state index contributed by atoms with van der Waals surface area (Å²) in [5.74, 6) is 1.01. The average Bonchev–Trinajstić information content (AvgIpc) is 2.38. The van der Waals surface area contributed by atoms with Crippen molar-refractivity contribution in [3.05, 3.63) is 0 Å². The van der Waals surface area contributed by atoms with Crippen LogP contribution in [0.15, 0.2) is 0 Å². The van der Waals surface area contributed by atoms with E-state index in [0.29, 0.717) is 0 Å². The van der Waals surface area contributed by atoms with Crippen molar-refractivity contribution >= 4 is 0 Å². The summed E-state index contributed by atoms with van der Waals surface area (Å²) < 4.78 is 0. The Morgan fingerprint density at radius 1 is 1.18 bits per heavy atom. The zero-order valence-electron chi connectivity index (χ0n) is 12.3. The van der Waals surface area contributed by atoms with E-state index in [1.54, 1.807) is 0 Å². The number of nitrogens with one attached hydrogen (secondary N) is 1. The van der Waals surface area contributed by atoms with E-state index in [0.717, 1.165) is 31.1 Å². The fourth-order valence-electron chi connectivity index (χ4n) is 3.01. The van der Waals surface area contributed by atoms with Crippen LogP contribution in [0.4, 0.5) is 0 Å². The summed E-state index contributed by atoms with van der Waals surface area (Å²) in [6.07, 6.45) is 8.39. The Kier molecular flexibility index (Phi) is 7.14. The standard InChI is InChI=1S/C15H32N2/c1-5-14-7-9-15(10-8-14)17(4)13(3)11-12-16-6-2/h13-16H,5-12H2,1-4H3. The Hall–Kier alpha value is -0.0800. The Morgan fingerprint density at radius 2 is 1.82 bits per heavy atom. The molecule has 1 aliphatic rings. The summed E-state index contributed by atoms with van der Waals surface area (Å²) in [5, 5.41) is 3.43. The van der Waals surface area contributed by atoms with Gasteiger partial charge in [-0.3, -0.25) is 0 Å². The highest BCUT2D eigenvalue weighted by atomic mass is 15.2. The number of nitrogens with zero attached hydrogens (tertiary/aromatic N) is 1. The van der Waals surface area contributed by atoms with Crippen LogP contribution in [0.5, 0.6) is 0 Å². The summed E-state index contributed by atoms with van der Waals surface area (Å²) in [6, 6.07) is 1.56. The maximum absolute atomic E-state index is 3.43. The molecule has 2 heteroatoms. The van der Waals surface area contributed by atoms with Gasteiger partial charge >= 0.3 is 0 Å². The molecular weight excluding hydrogens is 208 g/mol. The molecule has 0 radical (unpaired) electrons. The van der Waals surface area contributed by atoms with E-state index in [2.05, 4.69) is 38.0 Å². The second-order valence-corrected chi connectivity index (χ2v) is 5.74. The molecule has 0 amide bonds. The van der Waals surface area contributed by atoms with Crippen LogP contribution in [-0.4, -0.2) is 37.1 Å². The van der Waals surface area contributed by atoms with Gasteiger partial charge in [-0.15, -0.1) is 0 Å². The van der Waals surface area contributed by atoms with Crippen molar-refractivity contribution in [3.63, 3.8) is 0 Å². The lowest BCUT2D eigenvalue weighted by molar-refractivity contribution is 0.122. The summed E-state index contributed by atoms with van der Waals surface area (Å²) in [7, 11) is 2.33. The zero-order chi connectivity index (χ0) is 12.7. The van der Waals surface area contributed by atoms with Gasteiger partial charge in [0.1, 0.15) is 0 Å². The van der Waals surface area contributed by atoms with Crippen LogP contribution < -0.4 is 5.32 Å². The van der Waals surface area contributed by atoms with E-state index in [1.165, 1.54) is 38.5 Å². The van der Waals surface area contributed by atoms with Gasteiger partial charge in [-0.2, -0.15) is 0 Å². The van der Waals surface area contributed by atoms with Crippen molar-refractivity contribution in [2.75, 3.05) is 20.1 Å². The average molecular weight is 240 g/mol. The molecule has 0 saturated heterocycles. The maximum Gasteiger partial charge on any atom is 0.00952 e. The number of hydrogen-bond donors (Lipinski definition) is 1. The van der Waals surface area contributed by atoms with Gasteiger partial charge < -0.3 is 10.2 Å². The summed E-state index contributed by atoms with van der Waals surface area (Å²) in [5.41, 5.74) is 0. The largest absolute Gasteiger partial charge is 0.317 e. The first-order valence-corrected chi connectivity index (χ1v) is 7.61. The van der Waals surface area contributed by atoms with Crippen LogP contribution in [0.3, 0.4) is 0 Å². The first kappa shape index (κ1) is 15.0. The Balaban J connectivity index is 2.24. The van der Waals surface area contributed by atoms with E-state index in [9.17, 15) is 0 Å². The molecule has 102 valence electrons. The highest BCUT2D eigenvalue weighted by molar-refractivity contribution is 4.80. The third kappa shape index (κ3) is 4.97. The van der Waals surface area contributed by atoms with Gasteiger partial charge in [-0.25, -0.2) is 0 Å². The molecule has 0 heterocycles. The van der Waals surface area contributed by atoms with Crippen LogP contribution in [0, 0.1) is 5.92 Å². The number of rotatable bonds is 7. The normalized spacial score (nSPS) is 27.4. The fraction of sp³-hybridized carbons (Fsp3) is 1.00. The predicted molar refractivity (Wildman–Crippen MR) is 76.4 cm³/mol. The van der Waals surface area contributed by atoms with Crippen LogP contribution in [0.1, 0.15) is 59.3 Å². The topological polar surface area (TPSA) is 15.3 Å². The molecule has 0 aromatic carbocycles.